The molecule has 1 aromatic heterocycles. The second kappa shape index (κ2) is 9.86. The molecule has 0 aliphatic rings. The summed E-state index contributed by atoms with van der Waals surface area (Å²) in [6.07, 6.45) is 0.0389. The highest BCUT2D eigenvalue weighted by Crippen LogP contribution is 2.00. The van der Waals surface area contributed by atoms with Crippen molar-refractivity contribution in [1.29, 1.82) is 0 Å². The highest BCUT2D eigenvalue weighted by atomic mass is 16.2. The van der Waals surface area contributed by atoms with E-state index in [2.05, 4.69) is 15.6 Å². The minimum absolute atomic E-state index is 0.0195. The van der Waals surface area contributed by atoms with Gasteiger partial charge in [-0.25, -0.2) is 16.7 Å². The molecule has 0 saturated carbocycles. The summed E-state index contributed by atoms with van der Waals surface area (Å²) in [5.74, 6) is 7.94. The number of nitrogens with zero attached hydrogens (tertiary/aromatic N) is 1. The first-order chi connectivity index (χ1) is 11.5. The fourth-order valence-corrected chi connectivity index (χ4v) is 1.59. The van der Waals surface area contributed by atoms with Crippen LogP contribution in [-0.4, -0.2) is 41.7 Å². The second-order valence-corrected chi connectivity index (χ2v) is 4.55. The summed E-state index contributed by atoms with van der Waals surface area (Å²) in [5, 5.41) is 4.96. The standard InChI is InChI=1S/C13H19N7O4/c14-19-10(21)4-6-16-12(23)8-2-1-3-9(18-8)13(24)17-7-5-11(22)20-15/h1-3H,4-7,14-15H2,(H,16,23)(H,17,24)(H,19,21)(H,20,22). The van der Waals surface area contributed by atoms with Crippen LogP contribution in [0.1, 0.15) is 33.8 Å². The Morgan fingerprint density at radius 1 is 0.833 bits per heavy atom. The van der Waals surface area contributed by atoms with Crippen molar-refractivity contribution in [2.24, 2.45) is 11.7 Å². The fraction of sp³-hybridized carbons (Fsp3) is 0.308. The molecule has 0 unspecified atom stereocenters. The van der Waals surface area contributed by atoms with Crippen molar-refractivity contribution in [3.05, 3.63) is 29.6 Å². The van der Waals surface area contributed by atoms with Crippen LogP contribution in [0.5, 0.6) is 0 Å². The molecule has 0 saturated heterocycles. The van der Waals surface area contributed by atoms with Crippen LogP contribution in [0.15, 0.2) is 18.2 Å². The van der Waals surface area contributed by atoms with Crippen molar-refractivity contribution in [3.8, 4) is 0 Å². The molecule has 0 spiro atoms. The molecule has 1 rings (SSSR count). The summed E-state index contributed by atoms with van der Waals surface area (Å²) in [7, 11) is 0. The number of nitrogens with one attached hydrogen (secondary N) is 4. The highest BCUT2D eigenvalue weighted by Gasteiger charge is 2.12. The van der Waals surface area contributed by atoms with Crippen molar-refractivity contribution in [3.63, 3.8) is 0 Å². The molecule has 1 aromatic rings. The zero-order valence-electron chi connectivity index (χ0n) is 12.8. The van der Waals surface area contributed by atoms with Gasteiger partial charge in [-0.15, -0.1) is 0 Å². The first kappa shape index (κ1) is 19.0. The van der Waals surface area contributed by atoms with Gasteiger partial charge >= 0.3 is 0 Å². The van der Waals surface area contributed by atoms with Gasteiger partial charge in [0, 0.05) is 25.9 Å². The zero-order chi connectivity index (χ0) is 17.9. The maximum absolute atomic E-state index is 11.9. The minimum atomic E-state index is -0.531. The summed E-state index contributed by atoms with van der Waals surface area (Å²) in [6.45, 7) is 0.155. The summed E-state index contributed by atoms with van der Waals surface area (Å²) in [5.41, 5.74) is 3.93. The van der Waals surface area contributed by atoms with E-state index in [-0.39, 0.29) is 37.3 Å². The molecule has 4 amide bonds. The Morgan fingerprint density at radius 3 is 1.62 bits per heavy atom. The van der Waals surface area contributed by atoms with Crippen molar-refractivity contribution in [2.45, 2.75) is 12.8 Å². The maximum atomic E-state index is 11.9. The molecular weight excluding hydrogens is 318 g/mol. The van der Waals surface area contributed by atoms with Gasteiger partial charge in [-0.3, -0.25) is 30.0 Å². The Hall–Kier alpha value is -3.05. The first-order valence-electron chi connectivity index (χ1n) is 7.00. The van der Waals surface area contributed by atoms with Crippen LogP contribution in [0.4, 0.5) is 0 Å². The van der Waals surface area contributed by atoms with E-state index in [1.54, 1.807) is 0 Å². The molecule has 0 fully saturated rings. The molecule has 24 heavy (non-hydrogen) atoms. The Kier molecular flexibility index (Phi) is 7.81. The molecule has 0 bridgehead atoms. The molecule has 1 heterocycles. The monoisotopic (exact) mass is 337 g/mol. The lowest BCUT2D eigenvalue weighted by Gasteiger charge is -2.07. The normalized spacial score (nSPS) is 9.75. The van der Waals surface area contributed by atoms with Crippen LogP contribution in [0, 0.1) is 0 Å². The van der Waals surface area contributed by atoms with E-state index < -0.39 is 23.6 Å². The third-order valence-electron chi connectivity index (χ3n) is 2.81. The first-order valence-corrected chi connectivity index (χ1v) is 7.00. The topological polar surface area (TPSA) is 181 Å². The minimum Gasteiger partial charge on any atom is -0.350 e. The predicted octanol–water partition coefficient (Wildman–Crippen LogP) is -2.70. The van der Waals surface area contributed by atoms with E-state index in [1.165, 1.54) is 18.2 Å². The largest absolute Gasteiger partial charge is 0.350 e. The van der Waals surface area contributed by atoms with Crippen LogP contribution in [0.3, 0.4) is 0 Å². The van der Waals surface area contributed by atoms with Gasteiger partial charge in [0.2, 0.25) is 11.8 Å². The predicted molar refractivity (Wildman–Crippen MR) is 82.8 cm³/mol. The molecule has 11 heteroatoms. The lowest BCUT2D eigenvalue weighted by molar-refractivity contribution is -0.121. The molecular formula is C13H19N7O4. The molecule has 0 radical (unpaired) electrons. The van der Waals surface area contributed by atoms with E-state index in [0.29, 0.717) is 0 Å². The number of aromatic nitrogens is 1. The maximum Gasteiger partial charge on any atom is 0.269 e. The molecule has 0 aliphatic carbocycles. The van der Waals surface area contributed by atoms with Crippen molar-refractivity contribution >= 4 is 23.6 Å². The van der Waals surface area contributed by atoms with E-state index in [1.807, 2.05) is 10.9 Å². The van der Waals surface area contributed by atoms with E-state index in [9.17, 15) is 19.2 Å². The summed E-state index contributed by atoms with van der Waals surface area (Å²) in [4.78, 5) is 49.6. The smallest absolute Gasteiger partial charge is 0.269 e. The molecule has 8 N–H and O–H groups in total. The molecule has 0 aliphatic heterocycles. The lowest BCUT2D eigenvalue weighted by atomic mass is 10.2. The number of rotatable bonds is 8. The Balaban J connectivity index is 2.55. The number of nitrogens with two attached hydrogens (primary N) is 2. The van der Waals surface area contributed by atoms with Crippen molar-refractivity contribution in [2.75, 3.05) is 13.1 Å². The fourth-order valence-electron chi connectivity index (χ4n) is 1.59. The van der Waals surface area contributed by atoms with E-state index in [0.717, 1.165) is 0 Å². The average molecular weight is 337 g/mol. The van der Waals surface area contributed by atoms with Gasteiger partial charge in [0.05, 0.1) is 0 Å². The number of hydrogen-bond acceptors (Lipinski definition) is 7. The number of hydrogen-bond donors (Lipinski definition) is 6. The van der Waals surface area contributed by atoms with Crippen molar-refractivity contribution < 1.29 is 19.2 Å². The number of carbonyl (C=O) groups is 4. The Bertz CT molecular complexity index is 571. The quantitative estimate of drug-likeness (QED) is 0.169. The number of pyridine rings is 1. The third kappa shape index (κ3) is 6.37. The lowest BCUT2D eigenvalue weighted by Crippen LogP contribution is -2.35. The average Bonchev–Trinajstić information content (AvgIpc) is 2.61. The van der Waals surface area contributed by atoms with Crippen LogP contribution in [0.25, 0.3) is 0 Å². The van der Waals surface area contributed by atoms with Gasteiger partial charge < -0.3 is 10.6 Å². The van der Waals surface area contributed by atoms with Crippen LogP contribution in [0.2, 0.25) is 0 Å². The molecule has 11 nitrogen and oxygen atoms in total. The van der Waals surface area contributed by atoms with Crippen LogP contribution in [-0.2, 0) is 9.59 Å². The van der Waals surface area contributed by atoms with Gasteiger partial charge in [-0.1, -0.05) is 6.07 Å². The zero-order valence-corrected chi connectivity index (χ0v) is 12.8. The Morgan fingerprint density at radius 2 is 1.25 bits per heavy atom. The summed E-state index contributed by atoms with van der Waals surface area (Å²) < 4.78 is 0. The third-order valence-corrected chi connectivity index (χ3v) is 2.81. The number of hydrazine groups is 2. The number of amides is 4. The van der Waals surface area contributed by atoms with Gasteiger partial charge in [0.15, 0.2) is 0 Å². The van der Waals surface area contributed by atoms with Crippen LogP contribution >= 0.6 is 0 Å². The molecule has 0 atom stereocenters. The van der Waals surface area contributed by atoms with Gasteiger partial charge in [-0.2, -0.15) is 0 Å². The van der Waals surface area contributed by atoms with Gasteiger partial charge in [0.1, 0.15) is 11.4 Å². The van der Waals surface area contributed by atoms with Crippen molar-refractivity contribution in [1.82, 2.24) is 26.5 Å². The number of carbonyl (C=O) groups excluding carboxylic acids is 4. The van der Waals surface area contributed by atoms with E-state index >= 15 is 0 Å². The van der Waals surface area contributed by atoms with E-state index in [4.69, 9.17) is 11.7 Å². The van der Waals surface area contributed by atoms with Gasteiger partial charge in [0.25, 0.3) is 11.8 Å². The summed E-state index contributed by atoms with van der Waals surface area (Å²) >= 11 is 0. The Labute approximate surface area is 137 Å². The SMILES string of the molecule is NNC(=O)CCNC(=O)c1cccc(C(=O)NCCC(=O)NN)n1. The summed E-state index contributed by atoms with van der Waals surface area (Å²) in [6, 6.07) is 4.35. The highest BCUT2D eigenvalue weighted by molar-refractivity contribution is 5.96. The van der Waals surface area contributed by atoms with Crippen LogP contribution < -0.4 is 33.2 Å². The molecule has 0 aromatic carbocycles. The molecule has 130 valence electrons. The van der Waals surface area contributed by atoms with Gasteiger partial charge in [-0.05, 0) is 12.1 Å². The second-order valence-electron chi connectivity index (χ2n) is 4.55.